The van der Waals surface area contributed by atoms with Crippen molar-refractivity contribution in [2.75, 3.05) is 0 Å². The number of hydrogen-bond acceptors (Lipinski definition) is 15. The Kier molecular flexibility index (Phi) is 16.6. The summed E-state index contributed by atoms with van der Waals surface area (Å²) >= 11 is 0. The summed E-state index contributed by atoms with van der Waals surface area (Å²) in [6.07, 6.45) is 0. The van der Waals surface area contributed by atoms with Gasteiger partial charge in [-0.15, -0.1) is 0 Å². The molecule has 2 N–H and O–H groups in total. The molecule has 0 amide bonds. The SMILES string of the molecule is O=S(=O)([O-])c1cc(Oc2cc(S(=O)(=O)[O-])cc(S(=O)(=O)[O-])c2O)c(O)c(S(=O)(=O)[O-])c1.[Na+].[Na+].[Na+].[Na+]. The second-order valence-electron chi connectivity index (χ2n) is 5.45. The Labute approximate surface area is 287 Å². The van der Waals surface area contributed by atoms with Crippen LogP contribution < -0.4 is 123 Å². The zero-order valence-corrected chi connectivity index (χ0v) is 29.4. The predicted molar refractivity (Wildman–Crippen MR) is 88.1 cm³/mol. The van der Waals surface area contributed by atoms with Crippen LogP contribution in [0.15, 0.2) is 43.8 Å². The number of phenolic OH excluding ortho intramolecular Hbond substituents is 2. The van der Waals surface area contributed by atoms with Crippen LogP contribution in [-0.2, 0) is 40.5 Å². The number of phenols is 2. The van der Waals surface area contributed by atoms with E-state index in [9.17, 15) is 62.1 Å². The zero-order valence-electron chi connectivity index (χ0n) is 18.1. The van der Waals surface area contributed by atoms with E-state index in [1.54, 1.807) is 0 Å². The van der Waals surface area contributed by atoms with Crippen LogP contribution in [-0.4, -0.2) is 62.1 Å². The largest absolute Gasteiger partial charge is 1.00 e. The number of aromatic hydroxyl groups is 2. The summed E-state index contributed by atoms with van der Waals surface area (Å²) in [6, 6.07) is 0.211. The summed E-state index contributed by atoms with van der Waals surface area (Å²) < 4.78 is 139. The van der Waals surface area contributed by atoms with E-state index in [1.807, 2.05) is 0 Å². The molecule has 2 aromatic rings. The minimum Gasteiger partial charge on any atom is -0.744 e. The number of hydrogen-bond donors (Lipinski definition) is 2. The van der Waals surface area contributed by atoms with Gasteiger partial charge in [-0.2, -0.15) is 0 Å². The van der Waals surface area contributed by atoms with Crippen molar-refractivity contribution >= 4 is 40.5 Å². The van der Waals surface area contributed by atoms with E-state index in [0.29, 0.717) is 0 Å². The summed E-state index contributed by atoms with van der Waals surface area (Å²) in [7, 11) is -22.3. The van der Waals surface area contributed by atoms with Crippen LogP contribution in [0.5, 0.6) is 23.0 Å². The zero-order chi connectivity index (χ0) is 24.2. The van der Waals surface area contributed by atoms with Crippen LogP contribution in [0.3, 0.4) is 0 Å². The van der Waals surface area contributed by atoms with Gasteiger partial charge in [0.1, 0.15) is 50.3 Å². The van der Waals surface area contributed by atoms with Gasteiger partial charge < -0.3 is 33.2 Å². The molecular formula is C12H6Na4O15S4. The van der Waals surface area contributed by atoms with E-state index in [-0.39, 0.29) is 142 Å². The molecule has 2 rings (SSSR count). The predicted octanol–water partition coefficient (Wildman–Crippen LogP) is -13.5. The summed E-state index contributed by atoms with van der Waals surface area (Å²) in [6.45, 7) is 0. The van der Waals surface area contributed by atoms with Crippen molar-refractivity contribution in [1.29, 1.82) is 0 Å². The van der Waals surface area contributed by atoms with Crippen LogP contribution in [0, 0.1) is 0 Å². The summed E-state index contributed by atoms with van der Waals surface area (Å²) in [5.41, 5.74) is 0. The summed E-state index contributed by atoms with van der Waals surface area (Å²) in [4.78, 5) is -6.27. The molecule has 0 aliphatic rings. The van der Waals surface area contributed by atoms with Crippen LogP contribution in [0.2, 0.25) is 0 Å². The van der Waals surface area contributed by atoms with Gasteiger partial charge >= 0.3 is 118 Å². The minimum atomic E-state index is -5.64. The first kappa shape index (κ1) is 41.0. The van der Waals surface area contributed by atoms with Gasteiger partial charge in [0.05, 0.1) is 9.79 Å². The van der Waals surface area contributed by atoms with Gasteiger partial charge in [0.15, 0.2) is 23.0 Å². The van der Waals surface area contributed by atoms with E-state index in [1.165, 1.54) is 0 Å². The Morgan fingerprint density at radius 1 is 0.514 bits per heavy atom. The molecule has 0 saturated heterocycles. The molecule has 2 aromatic carbocycles. The molecule has 23 heteroatoms. The molecule has 172 valence electrons. The van der Waals surface area contributed by atoms with Gasteiger partial charge in [-0.05, 0) is 12.1 Å². The molecule has 0 aliphatic carbocycles. The fourth-order valence-electron chi connectivity index (χ4n) is 2.06. The molecule has 0 radical (unpaired) electrons. The van der Waals surface area contributed by atoms with Crippen LogP contribution >= 0.6 is 0 Å². The van der Waals surface area contributed by atoms with Crippen molar-refractivity contribution in [3.8, 4) is 23.0 Å². The molecule has 0 atom stereocenters. The molecule has 0 bridgehead atoms. The first-order chi connectivity index (χ1) is 13.7. The van der Waals surface area contributed by atoms with Crippen molar-refractivity contribution in [1.82, 2.24) is 0 Å². The maximum absolute atomic E-state index is 11.2. The maximum Gasteiger partial charge on any atom is 1.00 e. The molecule has 15 nitrogen and oxygen atoms in total. The second kappa shape index (κ2) is 14.2. The molecule has 0 saturated carbocycles. The minimum absolute atomic E-state index is 0. The van der Waals surface area contributed by atoms with Gasteiger partial charge in [0, 0.05) is 12.1 Å². The normalized spacial score (nSPS) is 11.7. The summed E-state index contributed by atoms with van der Waals surface area (Å²) in [5, 5.41) is 19.8. The monoisotopic (exact) mass is 610 g/mol. The smallest absolute Gasteiger partial charge is 0.744 e. The molecule has 0 fully saturated rings. The fourth-order valence-corrected chi connectivity index (χ4v) is 4.45. The average Bonchev–Trinajstić information content (AvgIpc) is 2.53. The van der Waals surface area contributed by atoms with Crippen LogP contribution in [0.4, 0.5) is 0 Å². The molecule has 0 unspecified atom stereocenters. The van der Waals surface area contributed by atoms with Crippen molar-refractivity contribution in [2.24, 2.45) is 0 Å². The third-order valence-electron chi connectivity index (χ3n) is 3.36. The van der Waals surface area contributed by atoms with Gasteiger partial charge in [-0.25, -0.2) is 33.7 Å². The number of rotatable bonds is 6. The molecule has 0 aromatic heterocycles. The Morgan fingerprint density at radius 3 is 0.971 bits per heavy atom. The van der Waals surface area contributed by atoms with Gasteiger partial charge in [0.25, 0.3) is 0 Å². The molecule has 0 heterocycles. The Hall–Kier alpha value is 1.48. The van der Waals surface area contributed by atoms with Gasteiger partial charge in [-0.1, -0.05) is 0 Å². The van der Waals surface area contributed by atoms with E-state index in [0.717, 1.165) is 0 Å². The Bertz CT molecular complexity index is 1400. The topological polar surface area (TPSA) is 278 Å². The van der Waals surface area contributed by atoms with Crippen molar-refractivity contribution in [2.45, 2.75) is 19.6 Å². The van der Waals surface area contributed by atoms with Crippen molar-refractivity contribution in [3.63, 3.8) is 0 Å². The van der Waals surface area contributed by atoms with E-state index in [2.05, 4.69) is 4.74 Å². The van der Waals surface area contributed by atoms with Crippen molar-refractivity contribution in [3.05, 3.63) is 24.3 Å². The second-order valence-corrected chi connectivity index (χ2v) is 10.9. The molecule has 0 spiro atoms. The first-order valence-corrected chi connectivity index (χ1v) is 12.6. The van der Waals surface area contributed by atoms with Crippen LogP contribution in [0.25, 0.3) is 0 Å². The third-order valence-corrected chi connectivity index (χ3v) is 6.69. The summed E-state index contributed by atoms with van der Waals surface area (Å²) in [5.74, 6) is -6.03. The maximum atomic E-state index is 11.2. The quantitative estimate of drug-likeness (QED) is 0.227. The first-order valence-electron chi connectivity index (χ1n) is 6.98. The van der Waals surface area contributed by atoms with Gasteiger partial charge in [0.2, 0.25) is 0 Å². The van der Waals surface area contributed by atoms with E-state index in [4.69, 9.17) is 0 Å². The fraction of sp³-hybridized carbons (Fsp3) is 0. The average molecular weight is 610 g/mol. The van der Waals surface area contributed by atoms with Crippen molar-refractivity contribution < 1.29 is 185 Å². The van der Waals surface area contributed by atoms with E-state index >= 15 is 0 Å². The molecule has 35 heavy (non-hydrogen) atoms. The Balaban J connectivity index is -0.00000256. The Morgan fingerprint density at radius 2 is 0.771 bits per heavy atom. The van der Waals surface area contributed by atoms with E-state index < -0.39 is 83.1 Å². The third kappa shape index (κ3) is 10.5. The number of benzene rings is 2. The van der Waals surface area contributed by atoms with Crippen LogP contribution in [0.1, 0.15) is 0 Å². The standard InChI is InChI=1S/C12H10O15S4.4Na/c13-11-7(1-5(28(15,16)17)3-9(11)30(21,22)23)27-8-2-6(29(18,19)20)4-10(12(8)14)31(24,25)26;;;;/h1-4,13-14H,(H,15,16,17)(H,18,19,20)(H,21,22,23)(H,24,25,26);;;;/q;4*+1/p-4. The number of ether oxygens (including phenoxy) is 1. The molecule has 0 aliphatic heterocycles. The molecular weight excluding hydrogens is 604 g/mol. The van der Waals surface area contributed by atoms with Gasteiger partial charge in [-0.3, -0.25) is 0 Å².